The fourth-order valence-corrected chi connectivity index (χ4v) is 3.03. The molecule has 1 fully saturated rings. The number of nitrogens with one attached hydrogen (secondary N) is 1. The Hall–Kier alpha value is -2.00. The number of carbonyl (C=O) groups excluding carboxylic acids is 1. The van der Waals surface area contributed by atoms with E-state index in [0.29, 0.717) is 25.7 Å². The number of carbonyl (C=O) groups is 1. The van der Waals surface area contributed by atoms with Gasteiger partial charge in [-0.15, -0.1) is 0 Å². The summed E-state index contributed by atoms with van der Waals surface area (Å²) < 4.78 is 36.3. The van der Waals surface area contributed by atoms with Crippen LogP contribution in [0.4, 0.5) is 13.2 Å². The lowest BCUT2D eigenvalue weighted by atomic mass is 9.95. The van der Waals surface area contributed by atoms with Crippen LogP contribution in [0.15, 0.2) is 24.3 Å². The molecule has 1 saturated carbocycles. The molecule has 1 aliphatic rings. The summed E-state index contributed by atoms with van der Waals surface area (Å²) in [5.74, 6) is 4.13. The SMILES string of the molecule is O=C(NCCCc1cccc(C#CC2(O)CCCCCC2)c1)C(F)(F)F. The fourth-order valence-electron chi connectivity index (χ4n) is 3.03. The number of amides is 1. The molecule has 0 saturated heterocycles. The minimum Gasteiger partial charge on any atom is -0.378 e. The second kappa shape index (κ2) is 9.09. The van der Waals surface area contributed by atoms with Gasteiger partial charge in [-0.3, -0.25) is 4.79 Å². The molecule has 6 heteroatoms. The number of alkyl halides is 3. The van der Waals surface area contributed by atoms with Gasteiger partial charge < -0.3 is 10.4 Å². The first-order valence-corrected chi connectivity index (χ1v) is 8.98. The number of benzene rings is 1. The second-order valence-electron chi connectivity index (χ2n) is 6.75. The van der Waals surface area contributed by atoms with Gasteiger partial charge in [-0.25, -0.2) is 0 Å². The highest BCUT2D eigenvalue weighted by atomic mass is 19.4. The third kappa shape index (κ3) is 6.72. The first kappa shape index (κ1) is 20.3. The number of aryl methyl sites for hydroxylation is 1. The minimum absolute atomic E-state index is 0.0337. The highest BCUT2D eigenvalue weighted by Crippen LogP contribution is 2.26. The van der Waals surface area contributed by atoms with Gasteiger partial charge in [-0.05, 0) is 56.2 Å². The van der Waals surface area contributed by atoms with Crippen molar-refractivity contribution in [2.24, 2.45) is 0 Å². The first-order valence-electron chi connectivity index (χ1n) is 8.98. The Morgan fingerprint density at radius 1 is 1.19 bits per heavy atom. The molecule has 0 radical (unpaired) electrons. The van der Waals surface area contributed by atoms with E-state index in [9.17, 15) is 23.1 Å². The third-order valence-electron chi connectivity index (χ3n) is 4.48. The molecule has 0 bridgehead atoms. The molecule has 0 aromatic heterocycles. The standard InChI is InChI=1S/C20H24F3NO2/c21-20(22,23)18(25)24-14-6-9-16-7-5-8-17(15-16)10-13-19(26)11-3-1-2-4-12-19/h5,7-8,15,26H,1-4,6,9,11-12,14H2,(H,24,25). The number of hydrogen-bond donors (Lipinski definition) is 2. The highest BCUT2D eigenvalue weighted by molar-refractivity contribution is 5.81. The molecule has 0 aliphatic heterocycles. The zero-order chi connectivity index (χ0) is 19.0. The lowest BCUT2D eigenvalue weighted by molar-refractivity contribution is -0.173. The lowest BCUT2D eigenvalue weighted by Crippen LogP contribution is -2.37. The van der Waals surface area contributed by atoms with Crippen molar-refractivity contribution in [3.8, 4) is 11.8 Å². The first-order chi connectivity index (χ1) is 12.3. The number of hydrogen-bond acceptors (Lipinski definition) is 2. The summed E-state index contributed by atoms with van der Waals surface area (Å²) in [6.45, 7) is -0.0337. The van der Waals surface area contributed by atoms with Gasteiger partial charge in [0.15, 0.2) is 0 Å². The van der Waals surface area contributed by atoms with Crippen LogP contribution in [0.5, 0.6) is 0 Å². The summed E-state index contributed by atoms with van der Waals surface area (Å²) in [6, 6.07) is 7.43. The summed E-state index contributed by atoms with van der Waals surface area (Å²) >= 11 is 0. The van der Waals surface area contributed by atoms with Gasteiger partial charge in [0.25, 0.3) is 0 Å². The van der Waals surface area contributed by atoms with E-state index in [-0.39, 0.29) is 6.54 Å². The predicted octanol–water partition coefficient (Wildman–Crippen LogP) is 3.73. The molecule has 26 heavy (non-hydrogen) atoms. The smallest absolute Gasteiger partial charge is 0.378 e. The largest absolute Gasteiger partial charge is 0.471 e. The average molecular weight is 367 g/mol. The van der Waals surface area contributed by atoms with Crippen molar-refractivity contribution in [3.63, 3.8) is 0 Å². The summed E-state index contributed by atoms with van der Waals surface area (Å²) in [5, 5.41) is 12.4. The molecule has 0 spiro atoms. The van der Waals surface area contributed by atoms with Gasteiger partial charge in [0.2, 0.25) is 0 Å². The van der Waals surface area contributed by atoms with E-state index in [2.05, 4.69) is 11.8 Å². The molecule has 1 aromatic carbocycles. The van der Waals surface area contributed by atoms with E-state index in [0.717, 1.165) is 36.8 Å². The Kier molecular flexibility index (Phi) is 7.10. The van der Waals surface area contributed by atoms with Crippen LogP contribution in [0.2, 0.25) is 0 Å². The molecule has 3 nitrogen and oxygen atoms in total. The maximum atomic E-state index is 12.1. The van der Waals surface area contributed by atoms with Crippen LogP contribution in [-0.4, -0.2) is 29.3 Å². The van der Waals surface area contributed by atoms with Gasteiger partial charge in [0.05, 0.1) is 0 Å². The Balaban J connectivity index is 1.88. The molecule has 1 amide bonds. The van der Waals surface area contributed by atoms with Crippen molar-refractivity contribution in [2.45, 2.75) is 63.1 Å². The summed E-state index contributed by atoms with van der Waals surface area (Å²) in [4.78, 5) is 10.7. The van der Waals surface area contributed by atoms with Gasteiger partial charge >= 0.3 is 12.1 Å². The van der Waals surface area contributed by atoms with Crippen LogP contribution in [0, 0.1) is 11.8 Å². The Morgan fingerprint density at radius 2 is 1.88 bits per heavy atom. The summed E-state index contributed by atoms with van der Waals surface area (Å²) in [7, 11) is 0. The average Bonchev–Trinajstić information content (AvgIpc) is 2.81. The molecule has 0 atom stereocenters. The monoisotopic (exact) mass is 367 g/mol. The van der Waals surface area contributed by atoms with Gasteiger partial charge in [0, 0.05) is 12.1 Å². The van der Waals surface area contributed by atoms with Crippen molar-refractivity contribution < 1.29 is 23.1 Å². The number of aliphatic hydroxyl groups is 1. The van der Waals surface area contributed by atoms with Crippen molar-refractivity contribution >= 4 is 5.91 Å². The topological polar surface area (TPSA) is 49.3 Å². The van der Waals surface area contributed by atoms with Gasteiger partial charge in [0.1, 0.15) is 5.60 Å². The maximum absolute atomic E-state index is 12.1. The summed E-state index contributed by atoms with van der Waals surface area (Å²) in [6.07, 6.45) is 1.71. The molecule has 1 aromatic rings. The van der Waals surface area contributed by atoms with E-state index >= 15 is 0 Å². The quantitative estimate of drug-likeness (QED) is 0.484. The minimum atomic E-state index is -4.84. The predicted molar refractivity (Wildman–Crippen MR) is 93.4 cm³/mol. The zero-order valence-electron chi connectivity index (χ0n) is 14.7. The third-order valence-corrected chi connectivity index (χ3v) is 4.48. The second-order valence-corrected chi connectivity index (χ2v) is 6.75. The molecular weight excluding hydrogens is 343 g/mol. The van der Waals surface area contributed by atoms with Crippen molar-refractivity contribution in [1.82, 2.24) is 5.32 Å². The molecule has 0 unspecified atom stereocenters. The molecule has 2 N–H and O–H groups in total. The van der Waals surface area contributed by atoms with E-state index in [1.165, 1.54) is 0 Å². The van der Waals surface area contributed by atoms with Crippen LogP contribution in [0.25, 0.3) is 0 Å². The molecule has 0 heterocycles. The fraction of sp³-hybridized carbons (Fsp3) is 0.550. The highest BCUT2D eigenvalue weighted by Gasteiger charge is 2.38. The Morgan fingerprint density at radius 3 is 2.54 bits per heavy atom. The Bertz CT molecular complexity index is 666. The molecular formula is C20H24F3NO2. The van der Waals surface area contributed by atoms with E-state index in [1.54, 1.807) is 0 Å². The van der Waals surface area contributed by atoms with Crippen molar-refractivity contribution in [3.05, 3.63) is 35.4 Å². The summed E-state index contributed by atoms with van der Waals surface area (Å²) in [5.41, 5.74) is 0.791. The zero-order valence-corrected chi connectivity index (χ0v) is 14.7. The molecule has 1 aliphatic carbocycles. The van der Waals surface area contributed by atoms with Crippen molar-refractivity contribution in [1.29, 1.82) is 0 Å². The molecule has 2 rings (SSSR count). The van der Waals surface area contributed by atoms with Crippen LogP contribution in [-0.2, 0) is 11.2 Å². The van der Waals surface area contributed by atoms with Crippen LogP contribution < -0.4 is 5.32 Å². The number of rotatable bonds is 4. The van der Waals surface area contributed by atoms with Gasteiger partial charge in [-0.1, -0.05) is 36.8 Å². The van der Waals surface area contributed by atoms with E-state index in [1.807, 2.05) is 29.6 Å². The maximum Gasteiger partial charge on any atom is 0.471 e. The van der Waals surface area contributed by atoms with E-state index < -0.39 is 17.7 Å². The van der Waals surface area contributed by atoms with Gasteiger partial charge in [-0.2, -0.15) is 13.2 Å². The van der Waals surface area contributed by atoms with Crippen LogP contribution in [0.1, 0.15) is 56.1 Å². The van der Waals surface area contributed by atoms with Crippen LogP contribution in [0.3, 0.4) is 0 Å². The lowest BCUT2D eigenvalue weighted by Gasteiger charge is -2.19. The van der Waals surface area contributed by atoms with Crippen LogP contribution >= 0.6 is 0 Å². The van der Waals surface area contributed by atoms with E-state index in [4.69, 9.17) is 0 Å². The molecule has 142 valence electrons. The van der Waals surface area contributed by atoms with Crippen molar-refractivity contribution in [2.75, 3.05) is 6.54 Å². The number of halogens is 3. The Labute approximate surface area is 152 Å². The normalized spacial score (nSPS) is 16.9.